The van der Waals surface area contributed by atoms with E-state index in [1.807, 2.05) is 6.92 Å². The first-order valence-electron chi connectivity index (χ1n) is 3.73. The number of carbonyl (C=O) groups is 1. The Hall–Kier alpha value is -0.610. The van der Waals surface area contributed by atoms with Gasteiger partial charge in [0.2, 0.25) is 0 Å². The molecular weight excluding hydrogens is 146 g/mol. The minimum Gasteiger partial charge on any atom is -0.480 e. The van der Waals surface area contributed by atoms with Crippen molar-refractivity contribution in [1.82, 2.24) is 5.32 Å². The Kier molecular flexibility index (Phi) is 2.46. The number of ether oxygens (including phenoxy) is 1. The number of hydrogen-bond acceptors (Lipinski definition) is 3. The lowest BCUT2D eigenvalue weighted by atomic mass is 10.1. The molecule has 4 nitrogen and oxygen atoms in total. The van der Waals surface area contributed by atoms with Gasteiger partial charge in [0.05, 0.1) is 12.2 Å². The van der Waals surface area contributed by atoms with E-state index in [2.05, 4.69) is 5.32 Å². The summed E-state index contributed by atoms with van der Waals surface area (Å²) in [5.41, 5.74) is 0. The fourth-order valence-electron chi connectivity index (χ4n) is 1.24. The highest BCUT2D eigenvalue weighted by molar-refractivity contribution is 5.74. The van der Waals surface area contributed by atoms with E-state index < -0.39 is 12.0 Å². The second-order valence-electron chi connectivity index (χ2n) is 2.88. The van der Waals surface area contributed by atoms with Crippen LogP contribution < -0.4 is 5.32 Å². The monoisotopic (exact) mass is 159 g/mol. The Morgan fingerprint density at radius 1 is 1.64 bits per heavy atom. The summed E-state index contributed by atoms with van der Waals surface area (Å²) in [6.45, 7) is 4.30. The molecule has 11 heavy (non-hydrogen) atoms. The van der Waals surface area contributed by atoms with Crippen molar-refractivity contribution in [3.63, 3.8) is 0 Å². The highest BCUT2D eigenvalue weighted by atomic mass is 16.5. The van der Waals surface area contributed by atoms with Crippen molar-refractivity contribution in [2.24, 2.45) is 0 Å². The number of hydrogen-bond donors (Lipinski definition) is 2. The first-order valence-corrected chi connectivity index (χ1v) is 3.73. The van der Waals surface area contributed by atoms with Gasteiger partial charge >= 0.3 is 5.97 Å². The molecule has 0 aromatic heterocycles. The maximum absolute atomic E-state index is 10.5. The summed E-state index contributed by atoms with van der Waals surface area (Å²) in [6, 6.07) is -0.550. The summed E-state index contributed by atoms with van der Waals surface area (Å²) in [5.74, 6) is -0.843. The van der Waals surface area contributed by atoms with Gasteiger partial charge in [-0.15, -0.1) is 0 Å². The van der Waals surface area contributed by atoms with Gasteiger partial charge < -0.3 is 9.84 Å². The molecule has 64 valence electrons. The topological polar surface area (TPSA) is 58.6 Å². The zero-order chi connectivity index (χ0) is 8.43. The van der Waals surface area contributed by atoms with Gasteiger partial charge in [0.1, 0.15) is 6.04 Å². The minimum atomic E-state index is -0.843. The minimum absolute atomic E-state index is 0.112. The van der Waals surface area contributed by atoms with E-state index in [0.717, 1.165) is 0 Å². The number of morpholine rings is 1. The maximum Gasteiger partial charge on any atom is 0.323 e. The van der Waals surface area contributed by atoms with Crippen LogP contribution in [0.3, 0.4) is 0 Å². The van der Waals surface area contributed by atoms with E-state index in [0.29, 0.717) is 6.54 Å². The van der Waals surface area contributed by atoms with Crippen LogP contribution in [0.25, 0.3) is 0 Å². The zero-order valence-corrected chi connectivity index (χ0v) is 6.70. The standard InChI is InChI=1S/C7H13NO3/c1-4-3-8-6(7(9)10)5(2)11-4/h4-6,8H,3H2,1-2H3,(H,9,10)/t4-,5-,6+/m1/s1. The Morgan fingerprint density at radius 3 is 2.73 bits per heavy atom. The summed E-state index contributed by atoms with van der Waals surface area (Å²) < 4.78 is 5.32. The van der Waals surface area contributed by atoms with Gasteiger partial charge in [-0.25, -0.2) is 0 Å². The van der Waals surface area contributed by atoms with Crippen LogP contribution in [0.4, 0.5) is 0 Å². The predicted octanol–water partition coefficient (Wildman–Crippen LogP) is -0.164. The van der Waals surface area contributed by atoms with Crippen molar-refractivity contribution in [3.05, 3.63) is 0 Å². The van der Waals surface area contributed by atoms with E-state index in [4.69, 9.17) is 9.84 Å². The normalized spacial score (nSPS) is 38.5. The molecule has 1 saturated heterocycles. The molecule has 0 amide bonds. The molecule has 4 heteroatoms. The number of carboxylic acid groups (broad SMARTS) is 1. The van der Waals surface area contributed by atoms with Crippen LogP contribution in [-0.2, 0) is 9.53 Å². The van der Waals surface area contributed by atoms with Crippen molar-refractivity contribution >= 4 is 5.97 Å². The maximum atomic E-state index is 10.5. The Morgan fingerprint density at radius 2 is 2.27 bits per heavy atom. The molecule has 3 atom stereocenters. The third-order valence-electron chi connectivity index (χ3n) is 1.81. The molecule has 0 bridgehead atoms. The summed E-state index contributed by atoms with van der Waals surface area (Å²) in [5, 5.41) is 11.5. The molecule has 0 aromatic carbocycles. The molecule has 1 rings (SSSR count). The van der Waals surface area contributed by atoms with Crippen molar-refractivity contribution in [3.8, 4) is 0 Å². The summed E-state index contributed by atoms with van der Waals surface area (Å²) in [4.78, 5) is 10.5. The van der Waals surface area contributed by atoms with E-state index in [9.17, 15) is 4.79 Å². The second-order valence-corrected chi connectivity index (χ2v) is 2.88. The molecular formula is C7H13NO3. The van der Waals surface area contributed by atoms with Crippen molar-refractivity contribution < 1.29 is 14.6 Å². The fourth-order valence-corrected chi connectivity index (χ4v) is 1.24. The molecule has 2 N–H and O–H groups in total. The van der Waals surface area contributed by atoms with Gasteiger partial charge in [-0.2, -0.15) is 0 Å². The zero-order valence-electron chi connectivity index (χ0n) is 6.70. The van der Waals surface area contributed by atoms with Gasteiger partial charge in [-0.1, -0.05) is 0 Å². The molecule has 0 saturated carbocycles. The highest BCUT2D eigenvalue weighted by Crippen LogP contribution is 2.08. The molecule has 0 aromatic rings. The van der Waals surface area contributed by atoms with E-state index >= 15 is 0 Å². The van der Waals surface area contributed by atoms with Crippen LogP contribution >= 0.6 is 0 Å². The fraction of sp³-hybridized carbons (Fsp3) is 0.857. The van der Waals surface area contributed by atoms with Crippen LogP contribution in [0.15, 0.2) is 0 Å². The molecule has 0 aliphatic carbocycles. The van der Waals surface area contributed by atoms with Crippen LogP contribution in [0.1, 0.15) is 13.8 Å². The van der Waals surface area contributed by atoms with Crippen LogP contribution in [-0.4, -0.2) is 35.9 Å². The Bertz CT molecular complexity index is 160. The van der Waals surface area contributed by atoms with Crippen molar-refractivity contribution in [2.75, 3.05) is 6.54 Å². The molecule has 1 aliphatic rings. The summed E-state index contributed by atoms with van der Waals surface area (Å²) >= 11 is 0. The molecule has 1 heterocycles. The van der Waals surface area contributed by atoms with E-state index in [1.165, 1.54) is 0 Å². The third-order valence-corrected chi connectivity index (χ3v) is 1.81. The lowest BCUT2D eigenvalue weighted by molar-refractivity contribution is -0.148. The first kappa shape index (κ1) is 8.49. The second kappa shape index (κ2) is 3.19. The smallest absolute Gasteiger partial charge is 0.323 e. The van der Waals surface area contributed by atoms with Crippen molar-refractivity contribution in [1.29, 1.82) is 0 Å². The molecule has 0 unspecified atom stereocenters. The summed E-state index contributed by atoms with van der Waals surface area (Å²) in [6.07, 6.45) is -0.128. The van der Waals surface area contributed by atoms with Gasteiger partial charge in [0, 0.05) is 6.54 Å². The number of rotatable bonds is 1. The first-order chi connectivity index (χ1) is 5.11. The Balaban J connectivity index is 2.50. The average Bonchev–Trinajstić information content (AvgIpc) is 1.85. The van der Waals surface area contributed by atoms with Crippen LogP contribution in [0.5, 0.6) is 0 Å². The van der Waals surface area contributed by atoms with Gasteiger partial charge in [0.25, 0.3) is 0 Å². The lowest BCUT2D eigenvalue weighted by Gasteiger charge is -2.31. The predicted molar refractivity (Wildman–Crippen MR) is 39.4 cm³/mol. The SMILES string of the molecule is C[C@@H]1CN[C@H](C(=O)O)[C@@H](C)O1. The van der Waals surface area contributed by atoms with Crippen LogP contribution in [0.2, 0.25) is 0 Å². The van der Waals surface area contributed by atoms with E-state index in [-0.39, 0.29) is 12.2 Å². The van der Waals surface area contributed by atoms with Crippen molar-refractivity contribution in [2.45, 2.75) is 32.1 Å². The molecule has 1 fully saturated rings. The number of nitrogens with one attached hydrogen (secondary N) is 1. The van der Waals surface area contributed by atoms with E-state index in [1.54, 1.807) is 6.92 Å². The quantitative estimate of drug-likeness (QED) is 0.558. The third kappa shape index (κ3) is 1.91. The van der Waals surface area contributed by atoms with Crippen LogP contribution in [0, 0.1) is 0 Å². The highest BCUT2D eigenvalue weighted by Gasteiger charge is 2.30. The lowest BCUT2D eigenvalue weighted by Crippen LogP contribution is -2.54. The van der Waals surface area contributed by atoms with Gasteiger partial charge in [0.15, 0.2) is 0 Å². The van der Waals surface area contributed by atoms with Gasteiger partial charge in [-0.05, 0) is 13.8 Å². The summed E-state index contributed by atoms with van der Waals surface area (Å²) in [7, 11) is 0. The Labute approximate surface area is 65.5 Å². The largest absolute Gasteiger partial charge is 0.480 e. The number of carboxylic acids is 1. The number of aliphatic carboxylic acids is 1. The average molecular weight is 159 g/mol. The van der Waals surface area contributed by atoms with Gasteiger partial charge in [-0.3, -0.25) is 10.1 Å². The molecule has 1 aliphatic heterocycles. The molecule has 0 radical (unpaired) electrons. The molecule has 0 spiro atoms.